The molecule has 19 heavy (non-hydrogen) atoms. The molecule has 2 heteroatoms. The third kappa shape index (κ3) is 9.29. The zero-order valence-corrected chi connectivity index (χ0v) is 13.1. The fraction of sp³-hybridized carbons (Fsp3) is 0.588. The zero-order valence-electron chi connectivity index (χ0n) is 13.1. The maximum atomic E-state index is 11.0. The summed E-state index contributed by atoms with van der Waals surface area (Å²) in [5, 5.41) is 0. The largest absolute Gasteiger partial charge is 0.455 e. The first-order valence-electron chi connectivity index (χ1n) is 6.91. The number of carbonyl (C=O) groups excluding carboxylic acids is 1. The number of allylic oxidation sites excluding steroid dienone is 4. The number of esters is 1. The standard InChI is InChI=1S/C17H28O2/c1-7-17(6,19-16(5)18)13-9-12-15(4)11-8-10-14(2)3/h7,10,12H,1,8-9,11,13H2,2-6H3/b15-12+. The van der Waals surface area contributed by atoms with Crippen molar-refractivity contribution in [3.8, 4) is 0 Å². The van der Waals surface area contributed by atoms with Crippen LogP contribution in [0.2, 0.25) is 0 Å². The van der Waals surface area contributed by atoms with E-state index in [2.05, 4.69) is 39.5 Å². The third-order valence-corrected chi connectivity index (χ3v) is 3.03. The van der Waals surface area contributed by atoms with E-state index in [1.54, 1.807) is 6.08 Å². The number of rotatable bonds is 8. The molecular weight excluding hydrogens is 236 g/mol. The molecule has 0 spiro atoms. The van der Waals surface area contributed by atoms with Crippen molar-refractivity contribution < 1.29 is 9.53 Å². The quantitative estimate of drug-likeness (QED) is 0.457. The molecule has 0 radical (unpaired) electrons. The van der Waals surface area contributed by atoms with Crippen LogP contribution in [0.4, 0.5) is 0 Å². The molecule has 0 aliphatic carbocycles. The molecule has 0 heterocycles. The smallest absolute Gasteiger partial charge is 0.303 e. The van der Waals surface area contributed by atoms with E-state index >= 15 is 0 Å². The molecule has 108 valence electrons. The molecule has 0 N–H and O–H groups in total. The maximum Gasteiger partial charge on any atom is 0.303 e. The van der Waals surface area contributed by atoms with Crippen molar-refractivity contribution in [1.82, 2.24) is 0 Å². The van der Waals surface area contributed by atoms with Gasteiger partial charge in [0.25, 0.3) is 0 Å². The highest BCUT2D eigenvalue weighted by atomic mass is 16.6. The highest BCUT2D eigenvalue weighted by Crippen LogP contribution is 2.20. The predicted octanol–water partition coefficient (Wildman–Crippen LogP) is 4.97. The highest BCUT2D eigenvalue weighted by molar-refractivity contribution is 5.66. The highest BCUT2D eigenvalue weighted by Gasteiger charge is 2.22. The normalized spacial score (nSPS) is 14.5. The number of ether oxygens (including phenoxy) is 1. The van der Waals surface area contributed by atoms with Crippen molar-refractivity contribution in [2.24, 2.45) is 0 Å². The monoisotopic (exact) mass is 264 g/mol. The van der Waals surface area contributed by atoms with Gasteiger partial charge in [-0.2, -0.15) is 0 Å². The fourth-order valence-electron chi connectivity index (χ4n) is 1.82. The van der Waals surface area contributed by atoms with Crippen LogP contribution in [0, 0.1) is 0 Å². The minimum atomic E-state index is -0.553. The SMILES string of the molecule is C=CC(C)(CC/C=C(\C)CCC=C(C)C)OC(C)=O. The summed E-state index contributed by atoms with van der Waals surface area (Å²) in [4.78, 5) is 11.0. The molecule has 0 saturated carbocycles. The Kier molecular flexibility index (Phi) is 8.13. The van der Waals surface area contributed by atoms with Crippen LogP contribution in [0.3, 0.4) is 0 Å². The van der Waals surface area contributed by atoms with E-state index in [1.165, 1.54) is 18.1 Å². The van der Waals surface area contributed by atoms with Gasteiger partial charge in [0.15, 0.2) is 0 Å². The number of hydrogen-bond donors (Lipinski definition) is 0. The summed E-state index contributed by atoms with van der Waals surface area (Å²) >= 11 is 0. The summed E-state index contributed by atoms with van der Waals surface area (Å²) in [6.45, 7) is 13.5. The van der Waals surface area contributed by atoms with Crippen LogP contribution in [0.15, 0.2) is 36.0 Å². The summed E-state index contributed by atoms with van der Waals surface area (Å²) in [5.74, 6) is -0.258. The van der Waals surface area contributed by atoms with Crippen molar-refractivity contribution in [3.63, 3.8) is 0 Å². The minimum Gasteiger partial charge on any atom is -0.455 e. The Balaban J connectivity index is 4.20. The van der Waals surface area contributed by atoms with E-state index in [0.717, 1.165) is 25.7 Å². The molecule has 0 amide bonds. The van der Waals surface area contributed by atoms with Gasteiger partial charge < -0.3 is 4.74 Å². The second-order valence-electron chi connectivity index (χ2n) is 5.52. The molecule has 0 aromatic carbocycles. The third-order valence-electron chi connectivity index (χ3n) is 3.03. The van der Waals surface area contributed by atoms with Crippen molar-refractivity contribution in [1.29, 1.82) is 0 Å². The second kappa shape index (κ2) is 8.73. The van der Waals surface area contributed by atoms with Gasteiger partial charge in [-0.3, -0.25) is 4.79 Å². The van der Waals surface area contributed by atoms with Crippen LogP contribution in [0.1, 0.15) is 60.3 Å². The van der Waals surface area contributed by atoms with E-state index < -0.39 is 5.60 Å². The first kappa shape index (κ1) is 17.7. The lowest BCUT2D eigenvalue weighted by Crippen LogP contribution is -2.27. The number of carbonyl (C=O) groups is 1. The molecule has 2 nitrogen and oxygen atoms in total. The van der Waals surface area contributed by atoms with Gasteiger partial charge in [0.05, 0.1) is 0 Å². The van der Waals surface area contributed by atoms with Gasteiger partial charge in [0, 0.05) is 6.92 Å². The van der Waals surface area contributed by atoms with Gasteiger partial charge in [0.1, 0.15) is 5.60 Å². The molecule has 0 rings (SSSR count). The Bertz CT molecular complexity index is 359. The summed E-state index contributed by atoms with van der Waals surface area (Å²) in [6, 6.07) is 0. The molecule has 0 aromatic rings. The lowest BCUT2D eigenvalue weighted by atomic mass is 9.98. The van der Waals surface area contributed by atoms with Gasteiger partial charge in [0.2, 0.25) is 0 Å². The Morgan fingerprint density at radius 3 is 2.26 bits per heavy atom. The minimum absolute atomic E-state index is 0.258. The molecule has 0 aromatic heterocycles. The van der Waals surface area contributed by atoms with E-state index in [0.29, 0.717) is 0 Å². The first-order chi connectivity index (χ1) is 8.79. The Morgan fingerprint density at radius 1 is 1.16 bits per heavy atom. The average Bonchev–Trinajstić information content (AvgIpc) is 2.27. The van der Waals surface area contributed by atoms with Crippen molar-refractivity contribution >= 4 is 5.97 Å². The Labute approximate surface area is 118 Å². The molecule has 1 atom stereocenters. The topological polar surface area (TPSA) is 26.3 Å². The summed E-state index contributed by atoms with van der Waals surface area (Å²) in [5.41, 5.74) is 2.19. The molecule has 0 saturated heterocycles. The van der Waals surface area contributed by atoms with Gasteiger partial charge in [-0.1, -0.05) is 29.9 Å². The molecule has 0 fully saturated rings. The van der Waals surface area contributed by atoms with Crippen LogP contribution in [0.5, 0.6) is 0 Å². The molecule has 0 aliphatic rings. The van der Waals surface area contributed by atoms with Gasteiger partial charge in [-0.25, -0.2) is 0 Å². The Hall–Kier alpha value is -1.31. The maximum absolute atomic E-state index is 11.0. The molecule has 1 unspecified atom stereocenters. The second-order valence-corrected chi connectivity index (χ2v) is 5.52. The molecule has 0 aliphatic heterocycles. The zero-order chi connectivity index (χ0) is 14.9. The molecular formula is C17H28O2. The summed E-state index contributed by atoms with van der Waals surface area (Å²) in [7, 11) is 0. The van der Waals surface area contributed by atoms with Crippen molar-refractivity contribution in [3.05, 3.63) is 36.0 Å². The van der Waals surface area contributed by atoms with Crippen LogP contribution < -0.4 is 0 Å². The van der Waals surface area contributed by atoms with Gasteiger partial charge >= 0.3 is 5.97 Å². The number of hydrogen-bond acceptors (Lipinski definition) is 2. The van der Waals surface area contributed by atoms with Crippen molar-refractivity contribution in [2.45, 2.75) is 65.9 Å². The Morgan fingerprint density at radius 2 is 1.79 bits per heavy atom. The lowest BCUT2D eigenvalue weighted by Gasteiger charge is -2.24. The van der Waals surface area contributed by atoms with Crippen LogP contribution in [-0.4, -0.2) is 11.6 Å². The summed E-state index contributed by atoms with van der Waals surface area (Å²) in [6.07, 6.45) is 10.0. The van der Waals surface area contributed by atoms with E-state index in [1.807, 2.05) is 6.92 Å². The predicted molar refractivity (Wildman–Crippen MR) is 82.0 cm³/mol. The van der Waals surface area contributed by atoms with Crippen molar-refractivity contribution in [2.75, 3.05) is 0 Å². The van der Waals surface area contributed by atoms with Crippen LogP contribution >= 0.6 is 0 Å². The van der Waals surface area contributed by atoms with Crippen LogP contribution in [0.25, 0.3) is 0 Å². The lowest BCUT2D eigenvalue weighted by molar-refractivity contribution is -0.151. The van der Waals surface area contributed by atoms with Gasteiger partial charge in [-0.15, -0.1) is 0 Å². The molecule has 0 bridgehead atoms. The van der Waals surface area contributed by atoms with Gasteiger partial charge in [-0.05, 0) is 59.5 Å². The summed E-state index contributed by atoms with van der Waals surface area (Å²) < 4.78 is 5.29. The van der Waals surface area contributed by atoms with E-state index in [-0.39, 0.29) is 5.97 Å². The fourth-order valence-corrected chi connectivity index (χ4v) is 1.82. The van der Waals surface area contributed by atoms with E-state index in [9.17, 15) is 4.79 Å². The van der Waals surface area contributed by atoms with E-state index in [4.69, 9.17) is 4.74 Å². The van der Waals surface area contributed by atoms with Crippen LogP contribution in [-0.2, 0) is 9.53 Å². The first-order valence-corrected chi connectivity index (χ1v) is 6.91. The average molecular weight is 264 g/mol.